The third-order valence-corrected chi connectivity index (χ3v) is 3.84. The van der Waals surface area contributed by atoms with E-state index in [1.54, 1.807) is 39.0 Å². The van der Waals surface area contributed by atoms with Crippen molar-refractivity contribution in [1.82, 2.24) is 5.32 Å². The Balaban J connectivity index is 2.78. The van der Waals surface area contributed by atoms with E-state index in [1.165, 1.54) is 6.07 Å². The summed E-state index contributed by atoms with van der Waals surface area (Å²) in [5, 5.41) is 11.4. The molecule has 0 saturated heterocycles. The first-order chi connectivity index (χ1) is 10.5. The van der Waals surface area contributed by atoms with Crippen molar-refractivity contribution in [2.45, 2.75) is 26.4 Å². The van der Waals surface area contributed by atoms with Gasteiger partial charge in [-0.2, -0.15) is 5.26 Å². The summed E-state index contributed by atoms with van der Waals surface area (Å²) in [5.41, 5.74) is 0.107. The zero-order valence-corrected chi connectivity index (χ0v) is 14.5. The lowest BCUT2D eigenvalue weighted by molar-refractivity contribution is 0.0529. The average Bonchev–Trinajstić information content (AvgIpc) is 2.40. The standard InChI is InChI=1S/C15H21N3O4S/c1-15(2,3)22-14(19)17-8-9-18(23(4,20)21)13-7-5-6-12(10-13)11-16/h5-7,10H,8-9H2,1-4H3,(H,17,19). The highest BCUT2D eigenvalue weighted by Gasteiger charge is 2.19. The first-order valence-corrected chi connectivity index (χ1v) is 8.82. The Morgan fingerprint density at radius 1 is 1.39 bits per heavy atom. The molecule has 0 spiro atoms. The molecule has 1 aromatic rings. The first-order valence-electron chi connectivity index (χ1n) is 6.97. The summed E-state index contributed by atoms with van der Waals surface area (Å²) in [6.45, 7) is 5.33. The van der Waals surface area contributed by atoms with Crippen LogP contribution in [0, 0.1) is 11.3 Å². The largest absolute Gasteiger partial charge is 0.444 e. The Bertz CT molecular complexity index is 702. The number of alkyl carbamates (subject to hydrolysis) is 1. The smallest absolute Gasteiger partial charge is 0.407 e. The van der Waals surface area contributed by atoms with E-state index >= 15 is 0 Å². The third-order valence-electron chi connectivity index (χ3n) is 2.65. The molecule has 1 rings (SSSR count). The maximum absolute atomic E-state index is 11.9. The predicted octanol–water partition coefficient (Wildman–Crippen LogP) is 1.85. The molecular formula is C15H21N3O4S. The van der Waals surface area contributed by atoms with E-state index in [9.17, 15) is 13.2 Å². The number of carbonyl (C=O) groups is 1. The van der Waals surface area contributed by atoms with Gasteiger partial charge in [0.15, 0.2) is 0 Å². The van der Waals surface area contributed by atoms with Crippen LogP contribution >= 0.6 is 0 Å². The predicted molar refractivity (Wildman–Crippen MR) is 87.6 cm³/mol. The second-order valence-corrected chi connectivity index (χ2v) is 7.83. The second-order valence-electron chi connectivity index (χ2n) is 5.93. The van der Waals surface area contributed by atoms with Crippen molar-refractivity contribution < 1.29 is 17.9 Å². The van der Waals surface area contributed by atoms with Gasteiger partial charge in [0.1, 0.15) is 5.60 Å². The maximum Gasteiger partial charge on any atom is 0.407 e. The van der Waals surface area contributed by atoms with Gasteiger partial charge in [0.05, 0.1) is 30.1 Å². The number of nitrogens with one attached hydrogen (secondary N) is 1. The highest BCUT2D eigenvalue weighted by atomic mass is 32.2. The van der Waals surface area contributed by atoms with E-state index in [0.29, 0.717) is 11.3 Å². The van der Waals surface area contributed by atoms with Crippen molar-refractivity contribution in [3.05, 3.63) is 29.8 Å². The van der Waals surface area contributed by atoms with Crippen LogP contribution in [-0.4, -0.2) is 39.5 Å². The summed E-state index contributed by atoms with van der Waals surface area (Å²) >= 11 is 0. The van der Waals surface area contributed by atoms with Crippen molar-refractivity contribution >= 4 is 21.8 Å². The molecular weight excluding hydrogens is 318 g/mol. The maximum atomic E-state index is 11.9. The van der Waals surface area contributed by atoms with Gasteiger partial charge in [-0.15, -0.1) is 0 Å². The molecule has 23 heavy (non-hydrogen) atoms. The number of hydrogen-bond acceptors (Lipinski definition) is 5. The summed E-state index contributed by atoms with van der Waals surface area (Å²) in [5.74, 6) is 0. The Kier molecular flexibility index (Phi) is 5.98. The molecule has 1 N–H and O–H groups in total. The highest BCUT2D eigenvalue weighted by Crippen LogP contribution is 2.18. The van der Waals surface area contributed by atoms with Crippen LogP contribution < -0.4 is 9.62 Å². The van der Waals surface area contributed by atoms with Crippen LogP contribution in [0.1, 0.15) is 26.3 Å². The number of amides is 1. The summed E-state index contributed by atoms with van der Waals surface area (Å²) in [7, 11) is -3.54. The summed E-state index contributed by atoms with van der Waals surface area (Å²) < 4.78 is 30.1. The molecule has 0 saturated carbocycles. The van der Waals surface area contributed by atoms with Gasteiger partial charge in [-0.1, -0.05) is 6.07 Å². The van der Waals surface area contributed by atoms with Crippen LogP contribution in [-0.2, 0) is 14.8 Å². The molecule has 1 aromatic carbocycles. The molecule has 1 amide bonds. The summed E-state index contributed by atoms with van der Waals surface area (Å²) in [4.78, 5) is 11.6. The molecule has 0 bridgehead atoms. The second kappa shape index (κ2) is 7.33. The number of sulfonamides is 1. The molecule has 0 aromatic heterocycles. The van der Waals surface area contributed by atoms with E-state index in [2.05, 4.69) is 5.32 Å². The number of hydrogen-bond donors (Lipinski definition) is 1. The normalized spacial score (nSPS) is 11.4. The zero-order chi connectivity index (χ0) is 17.7. The van der Waals surface area contributed by atoms with Crippen molar-refractivity contribution in [2.24, 2.45) is 0 Å². The van der Waals surface area contributed by atoms with Gasteiger partial charge < -0.3 is 10.1 Å². The summed E-state index contributed by atoms with van der Waals surface area (Å²) in [6, 6.07) is 8.23. The molecule has 0 radical (unpaired) electrons. The Morgan fingerprint density at radius 3 is 2.57 bits per heavy atom. The number of benzene rings is 1. The van der Waals surface area contributed by atoms with Gasteiger partial charge in [0, 0.05) is 6.54 Å². The van der Waals surface area contributed by atoms with Gasteiger partial charge in [-0.3, -0.25) is 4.31 Å². The average molecular weight is 339 g/mol. The minimum absolute atomic E-state index is 0.0347. The minimum Gasteiger partial charge on any atom is -0.444 e. The number of nitriles is 1. The molecule has 0 atom stereocenters. The molecule has 0 heterocycles. The minimum atomic E-state index is -3.54. The zero-order valence-electron chi connectivity index (χ0n) is 13.7. The van der Waals surface area contributed by atoms with Crippen molar-refractivity contribution in [2.75, 3.05) is 23.7 Å². The molecule has 8 heteroatoms. The number of carbonyl (C=O) groups excluding carboxylic acids is 1. The quantitative estimate of drug-likeness (QED) is 0.882. The molecule has 0 aliphatic heterocycles. The summed E-state index contributed by atoms with van der Waals surface area (Å²) in [6.07, 6.45) is 0.455. The van der Waals surface area contributed by atoms with Gasteiger partial charge in [0.25, 0.3) is 0 Å². The number of anilines is 1. The lowest BCUT2D eigenvalue weighted by atomic mass is 10.2. The fraction of sp³-hybridized carbons (Fsp3) is 0.467. The van der Waals surface area contributed by atoms with Crippen LogP contribution in [0.4, 0.5) is 10.5 Å². The number of nitrogens with zero attached hydrogens (tertiary/aromatic N) is 2. The lowest BCUT2D eigenvalue weighted by Gasteiger charge is -2.24. The molecule has 126 valence electrons. The van der Waals surface area contributed by atoms with E-state index < -0.39 is 21.7 Å². The number of rotatable bonds is 5. The topological polar surface area (TPSA) is 99.5 Å². The van der Waals surface area contributed by atoms with Crippen LogP contribution in [0.5, 0.6) is 0 Å². The molecule has 0 unspecified atom stereocenters. The Morgan fingerprint density at radius 2 is 2.04 bits per heavy atom. The van der Waals surface area contributed by atoms with Crippen LogP contribution in [0.2, 0.25) is 0 Å². The fourth-order valence-electron chi connectivity index (χ4n) is 1.79. The molecule has 0 aliphatic rings. The monoisotopic (exact) mass is 339 g/mol. The van der Waals surface area contributed by atoms with Crippen molar-refractivity contribution in [3.8, 4) is 6.07 Å². The van der Waals surface area contributed by atoms with Gasteiger partial charge in [-0.25, -0.2) is 13.2 Å². The fourth-order valence-corrected chi connectivity index (χ4v) is 2.71. The van der Waals surface area contributed by atoms with Crippen molar-refractivity contribution in [1.29, 1.82) is 5.26 Å². The van der Waals surface area contributed by atoms with E-state index in [0.717, 1.165) is 10.6 Å². The van der Waals surface area contributed by atoms with Crippen molar-refractivity contribution in [3.63, 3.8) is 0 Å². The Hall–Kier alpha value is -2.27. The van der Waals surface area contributed by atoms with Crippen LogP contribution in [0.15, 0.2) is 24.3 Å². The van der Waals surface area contributed by atoms with E-state index in [4.69, 9.17) is 10.00 Å². The van der Waals surface area contributed by atoms with Crippen LogP contribution in [0.3, 0.4) is 0 Å². The third kappa shape index (κ3) is 6.57. The molecule has 7 nitrogen and oxygen atoms in total. The Labute approximate surface area is 136 Å². The van der Waals surface area contributed by atoms with E-state index in [-0.39, 0.29) is 13.1 Å². The van der Waals surface area contributed by atoms with Gasteiger partial charge in [0.2, 0.25) is 10.0 Å². The first kappa shape index (κ1) is 18.8. The van der Waals surface area contributed by atoms with Crippen LogP contribution in [0.25, 0.3) is 0 Å². The van der Waals surface area contributed by atoms with Gasteiger partial charge in [-0.05, 0) is 39.0 Å². The highest BCUT2D eigenvalue weighted by molar-refractivity contribution is 7.92. The number of ether oxygens (including phenoxy) is 1. The molecule has 0 fully saturated rings. The van der Waals surface area contributed by atoms with E-state index in [1.807, 2.05) is 6.07 Å². The molecule has 0 aliphatic carbocycles. The SMILES string of the molecule is CC(C)(C)OC(=O)NCCN(c1cccc(C#N)c1)S(C)(=O)=O. The lowest BCUT2D eigenvalue weighted by Crippen LogP contribution is -2.40. The van der Waals surface area contributed by atoms with Gasteiger partial charge >= 0.3 is 6.09 Å².